The zero-order valence-corrected chi connectivity index (χ0v) is 21.0. The third-order valence-corrected chi connectivity index (χ3v) is 6.23. The van der Waals surface area contributed by atoms with E-state index in [4.69, 9.17) is 5.26 Å². The number of amides is 2. The molecule has 0 fully saturated rings. The van der Waals surface area contributed by atoms with Gasteiger partial charge in [-0.1, -0.05) is 72.3 Å². The fourth-order valence-corrected chi connectivity index (χ4v) is 4.14. The third kappa shape index (κ3) is 6.71. The molecule has 4 aromatic rings. The summed E-state index contributed by atoms with van der Waals surface area (Å²) in [5.41, 5.74) is 5.69. The Morgan fingerprint density at radius 3 is 2.24 bits per heavy atom. The summed E-state index contributed by atoms with van der Waals surface area (Å²) in [4.78, 5) is 28.1. The predicted octanol–water partition coefficient (Wildman–Crippen LogP) is 6.13. The molecule has 4 rings (SSSR count). The van der Waals surface area contributed by atoms with Gasteiger partial charge in [0, 0.05) is 11.3 Å². The second kappa shape index (κ2) is 11.8. The van der Waals surface area contributed by atoms with Crippen molar-refractivity contribution in [3.63, 3.8) is 0 Å². The van der Waals surface area contributed by atoms with Gasteiger partial charge < -0.3 is 10.2 Å². The Morgan fingerprint density at radius 2 is 1.57 bits per heavy atom. The molecular weight excluding hydrogens is 458 g/mol. The van der Waals surface area contributed by atoms with Gasteiger partial charge in [0.2, 0.25) is 5.91 Å². The van der Waals surface area contributed by atoms with Crippen molar-refractivity contribution in [2.24, 2.45) is 0 Å². The summed E-state index contributed by atoms with van der Waals surface area (Å²) in [6.07, 6.45) is 0.203. The first-order valence-electron chi connectivity index (χ1n) is 12.2. The molecule has 1 N–H and O–H groups in total. The predicted molar refractivity (Wildman–Crippen MR) is 146 cm³/mol. The fourth-order valence-electron chi connectivity index (χ4n) is 4.14. The van der Waals surface area contributed by atoms with Gasteiger partial charge in [0.05, 0.1) is 30.6 Å². The van der Waals surface area contributed by atoms with Crippen molar-refractivity contribution in [1.29, 1.82) is 5.26 Å². The number of hydrogen-bond acceptors (Lipinski definition) is 3. The highest BCUT2D eigenvalue weighted by Crippen LogP contribution is 2.23. The van der Waals surface area contributed by atoms with Crippen molar-refractivity contribution in [2.75, 3.05) is 4.90 Å². The summed E-state index contributed by atoms with van der Waals surface area (Å²) in [6, 6.07) is 34.0. The van der Waals surface area contributed by atoms with Crippen LogP contribution in [0.3, 0.4) is 0 Å². The molecule has 0 heterocycles. The largest absolute Gasteiger partial charge is 0.349 e. The minimum atomic E-state index is -0.177. The Balaban J connectivity index is 1.57. The molecule has 5 nitrogen and oxygen atoms in total. The van der Waals surface area contributed by atoms with Crippen LogP contribution < -0.4 is 10.2 Å². The molecule has 0 radical (unpaired) electrons. The van der Waals surface area contributed by atoms with Crippen molar-refractivity contribution < 1.29 is 9.59 Å². The zero-order chi connectivity index (χ0) is 26.2. The van der Waals surface area contributed by atoms with Crippen LogP contribution in [0.5, 0.6) is 0 Å². The van der Waals surface area contributed by atoms with Gasteiger partial charge in [0.25, 0.3) is 5.91 Å². The van der Waals surface area contributed by atoms with Gasteiger partial charge in [-0.3, -0.25) is 9.59 Å². The van der Waals surface area contributed by atoms with E-state index in [9.17, 15) is 9.59 Å². The van der Waals surface area contributed by atoms with Gasteiger partial charge >= 0.3 is 0 Å². The topological polar surface area (TPSA) is 73.2 Å². The molecule has 1 unspecified atom stereocenters. The highest BCUT2D eigenvalue weighted by atomic mass is 16.2. The molecule has 5 heteroatoms. The number of carbonyl (C=O) groups is 2. The Kier molecular flexibility index (Phi) is 8.12. The number of nitrogens with zero attached hydrogens (tertiary/aromatic N) is 2. The van der Waals surface area contributed by atoms with E-state index >= 15 is 0 Å². The van der Waals surface area contributed by atoms with Gasteiger partial charge in [-0.05, 0) is 66.9 Å². The zero-order valence-electron chi connectivity index (χ0n) is 21.0. The number of rotatable bonds is 8. The Bertz CT molecular complexity index is 1410. The summed E-state index contributed by atoms with van der Waals surface area (Å²) in [7, 11) is 0. The highest BCUT2D eigenvalue weighted by Gasteiger charge is 2.19. The molecular formula is C32H29N3O2. The minimum Gasteiger partial charge on any atom is -0.349 e. The van der Waals surface area contributed by atoms with Crippen LogP contribution in [0.2, 0.25) is 0 Å². The van der Waals surface area contributed by atoms with Crippen LogP contribution in [0, 0.1) is 18.3 Å². The van der Waals surface area contributed by atoms with Crippen LogP contribution in [0.15, 0.2) is 103 Å². The molecule has 0 bridgehead atoms. The van der Waals surface area contributed by atoms with Crippen LogP contribution in [0.4, 0.5) is 5.69 Å². The van der Waals surface area contributed by atoms with Crippen molar-refractivity contribution in [3.05, 3.63) is 137 Å². The summed E-state index contributed by atoms with van der Waals surface area (Å²) in [6.45, 7) is 4.36. The Hall–Kier alpha value is -4.69. The monoisotopic (exact) mass is 487 g/mol. The molecule has 0 aromatic heterocycles. The van der Waals surface area contributed by atoms with Crippen LogP contribution >= 0.6 is 0 Å². The molecule has 37 heavy (non-hydrogen) atoms. The SMILES string of the molecule is Cc1ccc(CN(C(=O)c2ccc(C#N)cc2)c2cccc(CC(=O)NC(C)c3ccccc3)c2)cc1. The lowest BCUT2D eigenvalue weighted by Crippen LogP contribution is -2.31. The minimum absolute atomic E-state index is 0.0861. The van der Waals surface area contributed by atoms with Crippen LogP contribution in [0.25, 0.3) is 0 Å². The summed E-state index contributed by atoms with van der Waals surface area (Å²) in [5.74, 6) is -0.263. The van der Waals surface area contributed by atoms with E-state index in [1.807, 2.05) is 92.7 Å². The molecule has 0 aliphatic heterocycles. The molecule has 0 aliphatic carbocycles. The van der Waals surface area contributed by atoms with E-state index in [1.165, 1.54) is 0 Å². The first-order valence-corrected chi connectivity index (χ1v) is 12.2. The second-order valence-corrected chi connectivity index (χ2v) is 9.11. The molecule has 0 saturated heterocycles. The molecule has 0 saturated carbocycles. The number of aryl methyl sites for hydroxylation is 1. The second-order valence-electron chi connectivity index (χ2n) is 9.11. The normalized spacial score (nSPS) is 11.3. The van der Waals surface area contributed by atoms with E-state index in [1.54, 1.807) is 29.2 Å². The summed E-state index contributed by atoms with van der Waals surface area (Å²) in [5, 5.41) is 12.2. The van der Waals surface area contributed by atoms with Crippen LogP contribution in [-0.4, -0.2) is 11.8 Å². The van der Waals surface area contributed by atoms with E-state index in [0.29, 0.717) is 23.4 Å². The van der Waals surface area contributed by atoms with Gasteiger partial charge in [-0.25, -0.2) is 0 Å². The number of nitriles is 1. The van der Waals surface area contributed by atoms with Crippen molar-refractivity contribution in [2.45, 2.75) is 32.9 Å². The molecule has 184 valence electrons. The lowest BCUT2D eigenvalue weighted by Gasteiger charge is -2.24. The maximum atomic E-state index is 13.6. The smallest absolute Gasteiger partial charge is 0.258 e. The maximum absolute atomic E-state index is 13.6. The van der Waals surface area contributed by atoms with Gasteiger partial charge in [0.1, 0.15) is 0 Å². The van der Waals surface area contributed by atoms with Crippen molar-refractivity contribution >= 4 is 17.5 Å². The van der Waals surface area contributed by atoms with Crippen LogP contribution in [0.1, 0.15) is 51.1 Å². The first kappa shape index (κ1) is 25.4. The number of anilines is 1. The van der Waals surface area contributed by atoms with Crippen molar-refractivity contribution in [3.8, 4) is 6.07 Å². The third-order valence-electron chi connectivity index (χ3n) is 6.23. The number of hydrogen-bond donors (Lipinski definition) is 1. The number of nitrogens with one attached hydrogen (secondary N) is 1. The highest BCUT2D eigenvalue weighted by molar-refractivity contribution is 6.06. The Morgan fingerprint density at radius 1 is 0.865 bits per heavy atom. The van der Waals surface area contributed by atoms with E-state index in [0.717, 1.165) is 22.3 Å². The number of carbonyl (C=O) groups excluding carboxylic acids is 2. The Labute approximate surface area is 218 Å². The van der Waals surface area contributed by atoms with Gasteiger partial charge in [-0.15, -0.1) is 0 Å². The average Bonchev–Trinajstić information content (AvgIpc) is 2.93. The summed E-state index contributed by atoms with van der Waals surface area (Å²) >= 11 is 0. The number of benzene rings is 4. The van der Waals surface area contributed by atoms with E-state index in [2.05, 4.69) is 11.4 Å². The quantitative estimate of drug-likeness (QED) is 0.325. The van der Waals surface area contributed by atoms with Gasteiger partial charge in [-0.2, -0.15) is 5.26 Å². The van der Waals surface area contributed by atoms with Gasteiger partial charge in [0.15, 0.2) is 0 Å². The molecule has 1 atom stereocenters. The molecule has 2 amide bonds. The fraction of sp³-hybridized carbons (Fsp3) is 0.156. The lowest BCUT2D eigenvalue weighted by molar-refractivity contribution is -0.121. The standard InChI is InChI=1S/C32H29N3O2/c1-23-11-13-26(14-12-23)22-35(32(37)29-17-15-25(21-33)16-18-29)30-10-6-7-27(19-30)20-31(36)34-24(2)28-8-4-3-5-9-28/h3-19,24H,20,22H2,1-2H3,(H,34,36). The van der Waals surface area contributed by atoms with Crippen molar-refractivity contribution in [1.82, 2.24) is 5.32 Å². The first-order chi connectivity index (χ1) is 17.9. The average molecular weight is 488 g/mol. The maximum Gasteiger partial charge on any atom is 0.258 e. The summed E-state index contributed by atoms with van der Waals surface area (Å²) < 4.78 is 0. The van der Waals surface area contributed by atoms with Crippen LogP contribution in [-0.2, 0) is 17.8 Å². The molecule has 4 aromatic carbocycles. The molecule has 0 aliphatic rings. The molecule has 0 spiro atoms. The van der Waals surface area contributed by atoms with E-state index in [-0.39, 0.29) is 24.3 Å². The lowest BCUT2D eigenvalue weighted by atomic mass is 10.1. The van der Waals surface area contributed by atoms with E-state index < -0.39 is 0 Å².